The molecule has 13 heteroatoms. The van der Waals surface area contributed by atoms with E-state index in [1.807, 2.05) is 0 Å². The molecular weight excluding hydrogens is 491 g/mol. The SMILES string of the molecule is O=C(O)c1cccc(S(=O)(=O)N2CCC[C@@H](c3nc4c(nnn4Cc4ccc(F)cc4)c(=O)[nH]3)C2)c1. The summed E-state index contributed by atoms with van der Waals surface area (Å²) in [7, 11) is -3.96. The normalized spacial score (nSPS) is 16.9. The zero-order valence-electron chi connectivity index (χ0n) is 18.8. The fraction of sp³-hybridized carbons (Fsp3) is 0.261. The van der Waals surface area contributed by atoms with Crippen molar-refractivity contribution in [2.75, 3.05) is 13.1 Å². The van der Waals surface area contributed by atoms with Crippen LogP contribution in [0.25, 0.3) is 11.2 Å². The largest absolute Gasteiger partial charge is 0.478 e. The van der Waals surface area contributed by atoms with Gasteiger partial charge in [-0.3, -0.25) is 4.79 Å². The van der Waals surface area contributed by atoms with Gasteiger partial charge in [0, 0.05) is 19.0 Å². The zero-order valence-corrected chi connectivity index (χ0v) is 19.7. The van der Waals surface area contributed by atoms with Crippen molar-refractivity contribution in [1.29, 1.82) is 0 Å². The Kier molecular flexibility index (Phi) is 6.10. The molecule has 2 aromatic heterocycles. The first-order valence-corrected chi connectivity index (χ1v) is 12.6. The van der Waals surface area contributed by atoms with Crippen LogP contribution in [-0.4, -0.2) is 61.9 Å². The van der Waals surface area contributed by atoms with E-state index < -0.39 is 27.5 Å². The number of hydrogen-bond acceptors (Lipinski definition) is 7. The average Bonchev–Trinajstić information content (AvgIpc) is 3.28. The number of aromatic amines is 1. The van der Waals surface area contributed by atoms with Gasteiger partial charge >= 0.3 is 5.97 Å². The van der Waals surface area contributed by atoms with E-state index in [0.29, 0.717) is 18.7 Å². The summed E-state index contributed by atoms with van der Waals surface area (Å²) in [6.07, 6.45) is 1.12. The average molecular weight is 513 g/mol. The number of aromatic nitrogens is 5. The molecule has 1 atom stereocenters. The van der Waals surface area contributed by atoms with Crippen LogP contribution in [0.3, 0.4) is 0 Å². The number of nitrogens with one attached hydrogen (secondary N) is 1. The standard InChI is InChI=1S/C23H21FN6O5S/c24-17-8-6-14(7-9-17)12-30-21-19(27-28-30)22(31)26-20(25-21)16-4-2-10-29(13-16)36(34,35)18-5-1-3-15(11-18)23(32)33/h1,3,5-9,11,16H,2,4,10,12-13H2,(H,32,33)(H,25,26,31)/t16-/m1/s1. The Morgan fingerprint density at radius 3 is 2.72 bits per heavy atom. The van der Waals surface area contributed by atoms with Crippen molar-refractivity contribution >= 4 is 27.2 Å². The Morgan fingerprint density at radius 1 is 1.19 bits per heavy atom. The van der Waals surface area contributed by atoms with Crippen molar-refractivity contribution < 1.29 is 22.7 Å². The van der Waals surface area contributed by atoms with E-state index in [9.17, 15) is 27.5 Å². The quantitative estimate of drug-likeness (QED) is 0.398. The lowest BCUT2D eigenvalue weighted by Gasteiger charge is -2.31. The van der Waals surface area contributed by atoms with Crippen LogP contribution in [0.15, 0.2) is 58.2 Å². The number of carbonyl (C=O) groups is 1. The highest BCUT2D eigenvalue weighted by Crippen LogP contribution is 2.29. The lowest BCUT2D eigenvalue weighted by atomic mass is 9.99. The van der Waals surface area contributed by atoms with Gasteiger partial charge in [-0.05, 0) is 48.7 Å². The van der Waals surface area contributed by atoms with E-state index in [-0.39, 0.29) is 47.1 Å². The van der Waals surface area contributed by atoms with Crippen LogP contribution >= 0.6 is 0 Å². The minimum Gasteiger partial charge on any atom is -0.478 e. The van der Waals surface area contributed by atoms with Crippen molar-refractivity contribution in [2.24, 2.45) is 0 Å². The lowest BCUT2D eigenvalue weighted by molar-refractivity contribution is 0.0696. The fourth-order valence-electron chi connectivity index (χ4n) is 4.27. The van der Waals surface area contributed by atoms with E-state index in [2.05, 4.69) is 20.3 Å². The van der Waals surface area contributed by atoms with E-state index >= 15 is 0 Å². The highest BCUT2D eigenvalue weighted by atomic mass is 32.2. The van der Waals surface area contributed by atoms with Crippen LogP contribution in [0.1, 0.15) is 40.5 Å². The predicted molar refractivity (Wildman–Crippen MR) is 126 cm³/mol. The fourth-order valence-corrected chi connectivity index (χ4v) is 5.84. The third kappa shape index (κ3) is 4.50. The minimum absolute atomic E-state index is 0.0478. The summed E-state index contributed by atoms with van der Waals surface area (Å²) in [4.78, 5) is 31.2. The maximum absolute atomic E-state index is 13.2. The van der Waals surface area contributed by atoms with E-state index in [1.54, 1.807) is 12.1 Å². The molecule has 11 nitrogen and oxygen atoms in total. The number of nitrogens with zero attached hydrogens (tertiary/aromatic N) is 5. The second kappa shape index (κ2) is 9.24. The minimum atomic E-state index is -3.96. The lowest BCUT2D eigenvalue weighted by Crippen LogP contribution is -2.40. The molecule has 3 heterocycles. The molecule has 0 radical (unpaired) electrons. The summed E-state index contributed by atoms with van der Waals surface area (Å²) in [5, 5.41) is 17.1. The van der Waals surface area contributed by atoms with Gasteiger partial charge in [-0.1, -0.05) is 23.4 Å². The van der Waals surface area contributed by atoms with Gasteiger partial charge in [0.05, 0.1) is 17.0 Å². The number of carboxylic acids is 1. The number of sulfonamides is 1. The van der Waals surface area contributed by atoms with Crippen LogP contribution in [0, 0.1) is 5.82 Å². The van der Waals surface area contributed by atoms with Crippen molar-refractivity contribution in [3.05, 3.63) is 81.7 Å². The van der Waals surface area contributed by atoms with Crippen LogP contribution in [0.2, 0.25) is 0 Å². The number of hydrogen-bond donors (Lipinski definition) is 2. The van der Waals surface area contributed by atoms with Gasteiger partial charge in [0.2, 0.25) is 10.0 Å². The van der Waals surface area contributed by atoms with Gasteiger partial charge in [-0.15, -0.1) is 5.10 Å². The predicted octanol–water partition coefficient (Wildman–Crippen LogP) is 1.97. The van der Waals surface area contributed by atoms with Crippen LogP contribution in [0.4, 0.5) is 4.39 Å². The first-order valence-electron chi connectivity index (χ1n) is 11.1. The number of aromatic carboxylic acids is 1. The smallest absolute Gasteiger partial charge is 0.335 e. The Balaban J connectivity index is 1.44. The van der Waals surface area contributed by atoms with Crippen molar-refractivity contribution in [3.63, 3.8) is 0 Å². The number of rotatable bonds is 6. The number of carboxylic acid groups (broad SMARTS) is 1. The summed E-state index contributed by atoms with van der Waals surface area (Å²) >= 11 is 0. The Hall–Kier alpha value is -3.97. The molecule has 4 aromatic rings. The Morgan fingerprint density at radius 2 is 1.97 bits per heavy atom. The molecule has 2 aromatic carbocycles. The van der Waals surface area contributed by atoms with Gasteiger partial charge < -0.3 is 10.1 Å². The molecule has 0 spiro atoms. The molecule has 0 amide bonds. The van der Waals surface area contributed by atoms with Crippen molar-refractivity contribution in [2.45, 2.75) is 30.2 Å². The zero-order chi connectivity index (χ0) is 25.4. The molecule has 186 valence electrons. The molecule has 5 rings (SSSR count). The van der Waals surface area contributed by atoms with Crippen LogP contribution < -0.4 is 5.56 Å². The van der Waals surface area contributed by atoms with Gasteiger partial charge in [0.1, 0.15) is 11.6 Å². The monoisotopic (exact) mass is 512 g/mol. The van der Waals surface area contributed by atoms with E-state index in [0.717, 1.165) is 11.6 Å². The first kappa shape index (κ1) is 23.8. The maximum atomic E-state index is 13.2. The van der Waals surface area contributed by atoms with Crippen molar-refractivity contribution in [3.8, 4) is 0 Å². The molecule has 1 saturated heterocycles. The molecule has 1 aliphatic rings. The summed E-state index contributed by atoms with van der Waals surface area (Å²) < 4.78 is 42.5. The van der Waals surface area contributed by atoms with Crippen molar-refractivity contribution in [1.82, 2.24) is 29.3 Å². The number of halogens is 1. The summed E-state index contributed by atoms with van der Waals surface area (Å²) in [6, 6.07) is 11.0. The molecule has 1 fully saturated rings. The molecule has 36 heavy (non-hydrogen) atoms. The topological polar surface area (TPSA) is 151 Å². The molecule has 0 saturated carbocycles. The maximum Gasteiger partial charge on any atom is 0.335 e. The number of piperidine rings is 1. The second-order valence-corrected chi connectivity index (χ2v) is 10.5. The highest BCUT2D eigenvalue weighted by molar-refractivity contribution is 7.89. The van der Waals surface area contributed by atoms with Gasteiger partial charge in [0.15, 0.2) is 11.2 Å². The van der Waals surface area contributed by atoms with E-state index in [1.165, 1.54) is 39.3 Å². The molecule has 0 bridgehead atoms. The Labute approximate surface area is 204 Å². The molecule has 0 aliphatic carbocycles. The number of benzene rings is 2. The molecule has 0 unspecified atom stereocenters. The summed E-state index contributed by atoms with van der Waals surface area (Å²) in [5.41, 5.74) is 0.418. The highest BCUT2D eigenvalue weighted by Gasteiger charge is 2.33. The first-order chi connectivity index (χ1) is 17.2. The summed E-state index contributed by atoms with van der Waals surface area (Å²) in [6.45, 7) is 0.540. The second-order valence-electron chi connectivity index (χ2n) is 8.53. The third-order valence-electron chi connectivity index (χ3n) is 6.13. The van der Waals surface area contributed by atoms with Gasteiger partial charge in [-0.25, -0.2) is 27.3 Å². The van der Waals surface area contributed by atoms with Gasteiger partial charge in [-0.2, -0.15) is 4.31 Å². The molecule has 2 N–H and O–H groups in total. The van der Waals surface area contributed by atoms with E-state index in [4.69, 9.17) is 0 Å². The van der Waals surface area contributed by atoms with Gasteiger partial charge in [0.25, 0.3) is 5.56 Å². The van der Waals surface area contributed by atoms with Crippen LogP contribution in [0.5, 0.6) is 0 Å². The van der Waals surface area contributed by atoms with Crippen LogP contribution in [-0.2, 0) is 16.6 Å². The molecule has 1 aliphatic heterocycles. The molecular formula is C23H21FN6O5S. The summed E-state index contributed by atoms with van der Waals surface area (Å²) in [5.74, 6) is -1.67. The number of H-pyrrole nitrogens is 1. The Bertz CT molecular complexity index is 1620. The number of fused-ring (bicyclic) bond motifs is 1. The third-order valence-corrected chi connectivity index (χ3v) is 7.99.